The molecule has 1 aromatic rings. The summed E-state index contributed by atoms with van der Waals surface area (Å²) in [6, 6.07) is 9.02. The average Bonchev–Trinajstić information content (AvgIpc) is 2.81. The Morgan fingerprint density at radius 2 is 1.61 bits per heavy atom. The van der Waals surface area contributed by atoms with Crippen molar-refractivity contribution in [2.45, 2.75) is 39.0 Å². The van der Waals surface area contributed by atoms with Gasteiger partial charge >= 0.3 is 0 Å². The molecule has 0 radical (unpaired) electrons. The number of allylic oxidation sites excluding steroid dienone is 1. The van der Waals surface area contributed by atoms with E-state index in [9.17, 15) is 0 Å². The van der Waals surface area contributed by atoms with Gasteiger partial charge in [0.25, 0.3) is 0 Å². The smallest absolute Gasteiger partial charge is 0.0163 e. The molecule has 23 heavy (non-hydrogen) atoms. The van der Waals surface area contributed by atoms with Crippen molar-refractivity contribution in [3.63, 3.8) is 0 Å². The molecule has 0 saturated carbocycles. The quantitative estimate of drug-likeness (QED) is 0.764. The van der Waals surface area contributed by atoms with Gasteiger partial charge in [-0.2, -0.15) is 0 Å². The van der Waals surface area contributed by atoms with Crippen LogP contribution in [-0.2, 0) is 12.8 Å². The predicted octanol–water partition coefficient (Wildman–Crippen LogP) is 3.77. The summed E-state index contributed by atoms with van der Waals surface area (Å²) in [5, 5.41) is 0. The van der Waals surface area contributed by atoms with E-state index in [0.717, 1.165) is 12.5 Å². The van der Waals surface area contributed by atoms with E-state index in [2.05, 4.69) is 53.1 Å². The van der Waals surface area contributed by atoms with Crippen molar-refractivity contribution < 1.29 is 0 Å². The molecule has 2 heterocycles. The number of fused-ring (bicyclic) bond motifs is 1. The fraction of sp³-hybridized carbons (Fsp3) is 0.619. The SMILES string of the molecule is C/C=C/CN1CCC(CCN2CCc3ccccc3CC2)CC1. The van der Waals surface area contributed by atoms with Crippen LogP contribution in [0.3, 0.4) is 0 Å². The van der Waals surface area contributed by atoms with Crippen molar-refractivity contribution in [2.75, 3.05) is 39.3 Å². The van der Waals surface area contributed by atoms with Gasteiger partial charge in [-0.3, -0.25) is 4.90 Å². The minimum atomic E-state index is 0.947. The van der Waals surface area contributed by atoms with Gasteiger partial charge in [-0.05, 0) is 75.7 Å². The second-order valence-corrected chi connectivity index (χ2v) is 7.21. The molecule has 2 heteroatoms. The molecule has 0 atom stereocenters. The van der Waals surface area contributed by atoms with E-state index in [4.69, 9.17) is 0 Å². The zero-order valence-corrected chi connectivity index (χ0v) is 14.7. The third-order valence-electron chi connectivity index (χ3n) is 5.67. The van der Waals surface area contributed by atoms with Gasteiger partial charge in [0.1, 0.15) is 0 Å². The zero-order valence-electron chi connectivity index (χ0n) is 14.7. The summed E-state index contributed by atoms with van der Waals surface area (Å²) in [5.74, 6) is 0.947. The first-order valence-corrected chi connectivity index (χ1v) is 9.48. The normalized spacial score (nSPS) is 21.4. The first-order valence-electron chi connectivity index (χ1n) is 9.48. The third kappa shape index (κ3) is 4.92. The van der Waals surface area contributed by atoms with E-state index in [1.54, 1.807) is 11.1 Å². The maximum absolute atomic E-state index is 2.70. The lowest BCUT2D eigenvalue weighted by Crippen LogP contribution is -2.35. The number of benzene rings is 1. The number of piperidine rings is 1. The first kappa shape index (κ1) is 16.7. The molecule has 126 valence electrons. The number of nitrogens with zero attached hydrogens (tertiary/aromatic N) is 2. The van der Waals surface area contributed by atoms with Gasteiger partial charge in [0, 0.05) is 19.6 Å². The second kappa shape index (κ2) is 8.65. The van der Waals surface area contributed by atoms with Gasteiger partial charge in [0.15, 0.2) is 0 Å². The van der Waals surface area contributed by atoms with Gasteiger partial charge in [0.2, 0.25) is 0 Å². The van der Waals surface area contributed by atoms with Gasteiger partial charge < -0.3 is 4.90 Å². The highest BCUT2D eigenvalue weighted by atomic mass is 15.1. The molecule has 0 spiro atoms. The molecule has 0 aromatic heterocycles. The van der Waals surface area contributed by atoms with E-state index in [0.29, 0.717) is 0 Å². The van der Waals surface area contributed by atoms with Crippen LogP contribution in [0.25, 0.3) is 0 Å². The largest absolute Gasteiger partial charge is 0.303 e. The molecule has 1 fully saturated rings. The van der Waals surface area contributed by atoms with Crippen molar-refractivity contribution in [2.24, 2.45) is 5.92 Å². The maximum atomic E-state index is 2.70. The Labute approximate surface area is 142 Å². The zero-order chi connectivity index (χ0) is 15.9. The van der Waals surface area contributed by atoms with E-state index in [1.165, 1.54) is 64.8 Å². The molecule has 1 saturated heterocycles. The summed E-state index contributed by atoms with van der Waals surface area (Å²) in [5.41, 5.74) is 3.15. The van der Waals surface area contributed by atoms with E-state index in [-0.39, 0.29) is 0 Å². The summed E-state index contributed by atoms with van der Waals surface area (Å²) in [6.07, 6.45) is 11.1. The second-order valence-electron chi connectivity index (χ2n) is 7.21. The minimum absolute atomic E-state index is 0.947. The summed E-state index contributed by atoms with van der Waals surface area (Å²) >= 11 is 0. The highest BCUT2D eigenvalue weighted by molar-refractivity contribution is 5.28. The molecular formula is C21H32N2. The van der Waals surface area contributed by atoms with E-state index in [1.807, 2.05) is 0 Å². The molecule has 3 rings (SSSR count). The maximum Gasteiger partial charge on any atom is 0.0163 e. The van der Waals surface area contributed by atoms with E-state index < -0.39 is 0 Å². The fourth-order valence-corrected chi connectivity index (χ4v) is 4.02. The van der Waals surface area contributed by atoms with Crippen molar-refractivity contribution in [3.05, 3.63) is 47.5 Å². The van der Waals surface area contributed by atoms with Crippen molar-refractivity contribution in [3.8, 4) is 0 Å². The molecule has 1 aromatic carbocycles. The van der Waals surface area contributed by atoms with Crippen LogP contribution < -0.4 is 0 Å². The Balaban J connectivity index is 1.39. The Kier molecular flexibility index (Phi) is 6.29. The predicted molar refractivity (Wildman–Crippen MR) is 98.9 cm³/mol. The van der Waals surface area contributed by atoms with Crippen LogP contribution in [0.1, 0.15) is 37.3 Å². The fourth-order valence-electron chi connectivity index (χ4n) is 4.02. The Hall–Kier alpha value is -1.12. The number of rotatable bonds is 5. The van der Waals surface area contributed by atoms with Crippen LogP contribution in [0.15, 0.2) is 36.4 Å². The van der Waals surface area contributed by atoms with Crippen LogP contribution in [0.5, 0.6) is 0 Å². The highest BCUT2D eigenvalue weighted by Gasteiger charge is 2.20. The van der Waals surface area contributed by atoms with Crippen LogP contribution >= 0.6 is 0 Å². The molecule has 2 aliphatic rings. The topological polar surface area (TPSA) is 6.48 Å². The number of likely N-dealkylation sites (tertiary alicyclic amines) is 1. The Bertz CT molecular complexity index is 473. The third-order valence-corrected chi connectivity index (χ3v) is 5.67. The lowest BCUT2D eigenvalue weighted by Gasteiger charge is -2.32. The molecular weight excluding hydrogens is 280 g/mol. The molecule has 0 aliphatic carbocycles. The summed E-state index contributed by atoms with van der Waals surface area (Å²) in [6.45, 7) is 9.64. The minimum Gasteiger partial charge on any atom is -0.303 e. The number of hydrogen-bond donors (Lipinski definition) is 0. The Morgan fingerprint density at radius 3 is 2.22 bits per heavy atom. The van der Waals surface area contributed by atoms with Crippen molar-refractivity contribution in [1.29, 1.82) is 0 Å². The van der Waals surface area contributed by atoms with Crippen molar-refractivity contribution in [1.82, 2.24) is 9.80 Å². The summed E-state index contributed by atoms with van der Waals surface area (Å²) in [7, 11) is 0. The Morgan fingerprint density at radius 1 is 0.957 bits per heavy atom. The molecule has 2 nitrogen and oxygen atoms in total. The molecule has 2 aliphatic heterocycles. The monoisotopic (exact) mass is 312 g/mol. The highest BCUT2D eigenvalue weighted by Crippen LogP contribution is 2.22. The van der Waals surface area contributed by atoms with Crippen LogP contribution in [0.2, 0.25) is 0 Å². The average molecular weight is 313 g/mol. The van der Waals surface area contributed by atoms with Crippen LogP contribution in [0.4, 0.5) is 0 Å². The molecule has 0 bridgehead atoms. The summed E-state index contributed by atoms with van der Waals surface area (Å²) < 4.78 is 0. The van der Waals surface area contributed by atoms with Crippen LogP contribution in [0, 0.1) is 5.92 Å². The van der Waals surface area contributed by atoms with Crippen LogP contribution in [-0.4, -0.2) is 49.1 Å². The van der Waals surface area contributed by atoms with Gasteiger partial charge in [-0.15, -0.1) is 0 Å². The van der Waals surface area contributed by atoms with E-state index >= 15 is 0 Å². The van der Waals surface area contributed by atoms with Gasteiger partial charge in [-0.1, -0.05) is 36.4 Å². The summed E-state index contributed by atoms with van der Waals surface area (Å²) in [4.78, 5) is 5.30. The number of hydrogen-bond acceptors (Lipinski definition) is 2. The molecule has 0 unspecified atom stereocenters. The molecule has 0 N–H and O–H groups in total. The van der Waals surface area contributed by atoms with Gasteiger partial charge in [0.05, 0.1) is 0 Å². The lowest BCUT2D eigenvalue weighted by molar-refractivity contribution is 0.176. The van der Waals surface area contributed by atoms with Crippen molar-refractivity contribution >= 4 is 0 Å². The lowest BCUT2D eigenvalue weighted by atomic mass is 9.93. The first-order chi connectivity index (χ1) is 11.3. The molecule has 0 amide bonds. The standard InChI is InChI=1S/C21H32N2/c1-2-3-13-22-14-8-19(9-15-22)10-16-23-17-11-20-6-4-5-7-21(20)12-18-23/h2-7,19H,8-18H2,1H3/b3-2+. The van der Waals surface area contributed by atoms with Gasteiger partial charge in [-0.25, -0.2) is 0 Å².